The maximum atomic E-state index is 13.0. The molecular weight excluding hydrogens is 259 g/mol. The van der Waals surface area contributed by atoms with E-state index >= 15 is 0 Å². The zero-order chi connectivity index (χ0) is 12.5. The molecule has 0 saturated carbocycles. The van der Waals surface area contributed by atoms with Crippen LogP contribution in [0.2, 0.25) is 5.02 Å². The lowest BCUT2D eigenvalue weighted by Gasteiger charge is -2.22. The fraction of sp³-hybridized carbons (Fsp3) is 0.231. The molecule has 1 unspecified atom stereocenters. The van der Waals surface area contributed by atoms with Crippen molar-refractivity contribution in [1.29, 1.82) is 0 Å². The molecule has 17 heavy (non-hydrogen) atoms. The zero-order valence-corrected chi connectivity index (χ0v) is 10.9. The molecule has 90 valence electrons. The molecule has 1 heterocycles. The summed E-state index contributed by atoms with van der Waals surface area (Å²) in [5.41, 5.74) is -0.134. The van der Waals surface area contributed by atoms with Crippen molar-refractivity contribution >= 4 is 22.9 Å². The van der Waals surface area contributed by atoms with E-state index < -0.39 is 11.4 Å². The van der Waals surface area contributed by atoms with Crippen LogP contribution in [0.1, 0.15) is 17.4 Å². The number of halogens is 2. The van der Waals surface area contributed by atoms with Crippen LogP contribution in [0.15, 0.2) is 35.7 Å². The smallest absolute Gasteiger partial charge is 0.141 e. The Bertz CT molecular complexity index is 508. The number of rotatable bonds is 3. The van der Waals surface area contributed by atoms with Gasteiger partial charge in [0.25, 0.3) is 0 Å². The van der Waals surface area contributed by atoms with Crippen LogP contribution in [0.5, 0.6) is 0 Å². The van der Waals surface area contributed by atoms with Crippen LogP contribution in [0, 0.1) is 5.82 Å². The molecule has 0 radical (unpaired) electrons. The van der Waals surface area contributed by atoms with Crippen molar-refractivity contribution < 1.29 is 9.50 Å². The molecule has 0 aliphatic rings. The average molecular weight is 271 g/mol. The van der Waals surface area contributed by atoms with Crippen molar-refractivity contribution in [2.24, 2.45) is 0 Å². The lowest BCUT2D eigenvalue weighted by atomic mass is 9.95. The van der Waals surface area contributed by atoms with E-state index in [0.717, 1.165) is 10.4 Å². The third-order valence-electron chi connectivity index (χ3n) is 2.58. The molecule has 0 aliphatic carbocycles. The van der Waals surface area contributed by atoms with Crippen molar-refractivity contribution in [1.82, 2.24) is 0 Å². The van der Waals surface area contributed by atoms with Gasteiger partial charge in [-0.15, -0.1) is 11.3 Å². The average Bonchev–Trinajstić information content (AvgIpc) is 2.77. The quantitative estimate of drug-likeness (QED) is 0.894. The number of hydrogen-bond donors (Lipinski definition) is 1. The Balaban J connectivity index is 2.23. The number of thiophene rings is 1. The summed E-state index contributed by atoms with van der Waals surface area (Å²) in [4.78, 5) is 0.887. The number of benzene rings is 1. The van der Waals surface area contributed by atoms with Gasteiger partial charge < -0.3 is 5.11 Å². The number of hydrogen-bond acceptors (Lipinski definition) is 2. The molecule has 4 heteroatoms. The summed E-state index contributed by atoms with van der Waals surface area (Å²) in [5.74, 6) is -0.439. The number of aliphatic hydroxyl groups is 1. The summed E-state index contributed by atoms with van der Waals surface area (Å²) in [5, 5.41) is 12.4. The molecule has 0 fully saturated rings. The SMILES string of the molecule is CC(O)(Cc1ccc(F)c(Cl)c1)c1cccs1. The highest BCUT2D eigenvalue weighted by molar-refractivity contribution is 7.10. The highest BCUT2D eigenvalue weighted by atomic mass is 35.5. The topological polar surface area (TPSA) is 20.2 Å². The van der Waals surface area contributed by atoms with E-state index in [1.165, 1.54) is 17.4 Å². The van der Waals surface area contributed by atoms with Gasteiger partial charge in [0.05, 0.1) is 10.6 Å². The van der Waals surface area contributed by atoms with Gasteiger partial charge in [0.1, 0.15) is 5.82 Å². The molecular formula is C13H12ClFOS. The minimum Gasteiger partial charge on any atom is -0.384 e. The minimum atomic E-state index is -0.949. The molecule has 2 rings (SSSR count). The first-order valence-electron chi connectivity index (χ1n) is 5.19. The summed E-state index contributed by atoms with van der Waals surface area (Å²) < 4.78 is 13.0. The Morgan fingerprint density at radius 3 is 2.76 bits per heavy atom. The predicted molar refractivity (Wildman–Crippen MR) is 69.0 cm³/mol. The monoisotopic (exact) mass is 270 g/mol. The Labute approximate surface area is 108 Å². The zero-order valence-electron chi connectivity index (χ0n) is 9.28. The van der Waals surface area contributed by atoms with E-state index in [1.54, 1.807) is 19.1 Å². The van der Waals surface area contributed by atoms with Crippen LogP contribution in [0.3, 0.4) is 0 Å². The fourth-order valence-corrected chi connectivity index (χ4v) is 2.71. The van der Waals surface area contributed by atoms with E-state index in [2.05, 4.69) is 0 Å². The second-order valence-corrected chi connectivity index (χ2v) is 5.53. The first kappa shape index (κ1) is 12.6. The molecule has 2 aromatic rings. The van der Waals surface area contributed by atoms with Gasteiger partial charge >= 0.3 is 0 Å². The van der Waals surface area contributed by atoms with Crippen LogP contribution < -0.4 is 0 Å². The maximum absolute atomic E-state index is 13.0. The highest BCUT2D eigenvalue weighted by Crippen LogP contribution is 2.30. The van der Waals surface area contributed by atoms with Crippen molar-refractivity contribution in [3.05, 3.63) is 57.0 Å². The second-order valence-electron chi connectivity index (χ2n) is 4.18. The molecule has 1 aromatic heterocycles. The van der Waals surface area contributed by atoms with E-state index in [9.17, 15) is 9.50 Å². The molecule has 0 amide bonds. The summed E-state index contributed by atoms with van der Waals surface area (Å²) in [6, 6.07) is 8.30. The summed E-state index contributed by atoms with van der Waals surface area (Å²) in [7, 11) is 0. The molecule has 1 N–H and O–H groups in total. The molecule has 1 aromatic carbocycles. The van der Waals surface area contributed by atoms with Gasteiger partial charge in [0.2, 0.25) is 0 Å². The van der Waals surface area contributed by atoms with Gasteiger partial charge in [-0.2, -0.15) is 0 Å². The lowest BCUT2D eigenvalue weighted by Crippen LogP contribution is -2.22. The van der Waals surface area contributed by atoms with Gasteiger partial charge in [0.15, 0.2) is 0 Å². The van der Waals surface area contributed by atoms with Crippen LogP contribution >= 0.6 is 22.9 Å². The van der Waals surface area contributed by atoms with Crippen molar-refractivity contribution in [3.8, 4) is 0 Å². The largest absolute Gasteiger partial charge is 0.384 e. The van der Waals surface area contributed by atoms with Crippen LogP contribution in [0.4, 0.5) is 4.39 Å². The van der Waals surface area contributed by atoms with Gasteiger partial charge in [-0.3, -0.25) is 0 Å². The molecule has 1 atom stereocenters. The lowest BCUT2D eigenvalue weighted by molar-refractivity contribution is 0.0615. The van der Waals surface area contributed by atoms with Gasteiger partial charge in [-0.05, 0) is 36.1 Å². The van der Waals surface area contributed by atoms with Crippen molar-refractivity contribution in [2.45, 2.75) is 18.9 Å². The Hall–Kier alpha value is -0.900. The molecule has 1 nitrogen and oxygen atoms in total. The Morgan fingerprint density at radius 2 is 2.18 bits per heavy atom. The van der Waals surface area contributed by atoms with Crippen LogP contribution in [-0.4, -0.2) is 5.11 Å². The van der Waals surface area contributed by atoms with Gasteiger partial charge in [0, 0.05) is 11.3 Å². The first-order valence-corrected chi connectivity index (χ1v) is 6.45. The Kier molecular flexibility index (Phi) is 3.52. The Morgan fingerprint density at radius 1 is 1.41 bits per heavy atom. The highest BCUT2D eigenvalue weighted by Gasteiger charge is 2.24. The normalized spacial score (nSPS) is 14.6. The van der Waals surface area contributed by atoms with Crippen molar-refractivity contribution in [2.75, 3.05) is 0 Å². The summed E-state index contributed by atoms with van der Waals surface area (Å²) in [6.07, 6.45) is 0.410. The van der Waals surface area contributed by atoms with Crippen LogP contribution in [-0.2, 0) is 12.0 Å². The molecule has 0 bridgehead atoms. The summed E-state index contributed by atoms with van der Waals surface area (Å²) in [6.45, 7) is 1.75. The molecule has 0 aliphatic heterocycles. The van der Waals surface area contributed by atoms with E-state index in [4.69, 9.17) is 11.6 Å². The molecule has 0 spiro atoms. The van der Waals surface area contributed by atoms with Gasteiger partial charge in [-0.25, -0.2) is 4.39 Å². The van der Waals surface area contributed by atoms with Gasteiger partial charge in [-0.1, -0.05) is 23.7 Å². The minimum absolute atomic E-state index is 0.0875. The maximum Gasteiger partial charge on any atom is 0.141 e. The third-order valence-corrected chi connectivity index (χ3v) is 4.00. The van der Waals surface area contributed by atoms with Crippen LogP contribution in [0.25, 0.3) is 0 Å². The standard InChI is InChI=1S/C13H12ClFOS/c1-13(16,12-3-2-6-17-12)8-9-4-5-11(15)10(14)7-9/h2-7,16H,8H2,1H3. The van der Waals surface area contributed by atoms with E-state index in [-0.39, 0.29) is 5.02 Å². The third kappa shape index (κ3) is 2.86. The second kappa shape index (κ2) is 4.77. The van der Waals surface area contributed by atoms with E-state index in [0.29, 0.717) is 6.42 Å². The predicted octanol–water partition coefficient (Wildman–Crippen LogP) is 3.99. The molecule has 0 saturated heterocycles. The first-order chi connectivity index (χ1) is 7.99. The van der Waals surface area contributed by atoms with E-state index in [1.807, 2.05) is 17.5 Å². The fourth-order valence-electron chi connectivity index (χ4n) is 1.72. The van der Waals surface area contributed by atoms with Crippen molar-refractivity contribution in [3.63, 3.8) is 0 Å². The summed E-state index contributed by atoms with van der Waals surface area (Å²) >= 11 is 7.21.